The molecule has 2 aliphatic heterocycles. The van der Waals surface area contributed by atoms with Crippen LogP contribution in [0.5, 0.6) is 23.0 Å². The second-order valence-electron chi connectivity index (χ2n) is 9.56. The lowest BCUT2D eigenvalue weighted by Crippen LogP contribution is -2.33. The first-order chi connectivity index (χ1) is 18.2. The zero-order chi connectivity index (χ0) is 25.6. The molecule has 194 valence electrons. The fraction of sp³-hybridized carbons (Fsp3) is 0.387. The second kappa shape index (κ2) is 11.6. The number of methoxy groups -OCH3 is 2. The molecule has 3 aromatic rings. The minimum absolute atomic E-state index is 0.0556. The van der Waals surface area contributed by atoms with Crippen LogP contribution in [0.15, 0.2) is 71.8 Å². The Balaban J connectivity index is 1.38. The number of hydrogen-bond donors (Lipinski definition) is 0. The van der Waals surface area contributed by atoms with Gasteiger partial charge in [0.1, 0.15) is 11.5 Å². The Kier molecular flexibility index (Phi) is 7.83. The molecule has 0 bridgehead atoms. The lowest BCUT2D eigenvalue weighted by Gasteiger charge is -2.38. The molecule has 2 atom stereocenters. The van der Waals surface area contributed by atoms with Gasteiger partial charge in [0.05, 0.1) is 32.6 Å². The summed E-state index contributed by atoms with van der Waals surface area (Å²) in [6.45, 7) is 2.98. The lowest BCUT2D eigenvalue weighted by molar-refractivity contribution is -0.0209. The Morgan fingerprint density at radius 1 is 0.865 bits per heavy atom. The summed E-state index contributed by atoms with van der Waals surface area (Å²) in [6, 6.07) is 22.4. The Morgan fingerprint density at radius 3 is 2.35 bits per heavy atom. The van der Waals surface area contributed by atoms with E-state index >= 15 is 0 Å². The maximum Gasteiger partial charge on any atom is 0.214 e. The zero-order valence-corrected chi connectivity index (χ0v) is 22.0. The summed E-state index contributed by atoms with van der Waals surface area (Å²) in [5.74, 6) is 3.24. The van der Waals surface area contributed by atoms with Gasteiger partial charge in [-0.2, -0.15) is 5.10 Å². The van der Waals surface area contributed by atoms with Crippen molar-refractivity contribution in [2.24, 2.45) is 5.10 Å². The summed E-state index contributed by atoms with van der Waals surface area (Å²) in [4.78, 5) is 0. The molecule has 6 heteroatoms. The van der Waals surface area contributed by atoms with Gasteiger partial charge in [-0.15, -0.1) is 0 Å². The highest BCUT2D eigenvalue weighted by Crippen LogP contribution is 2.50. The summed E-state index contributed by atoms with van der Waals surface area (Å²) in [7, 11) is 3.36. The van der Waals surface area contributed by atoms with Crippen LogP contribution >= 0.6 is 0 Å². The first-order valence-electron chi connectivity index (χ1n) is 13.3. The molecule has 0 radical (unpaired) electrons. The predicted molar refractivity (Wildman–Crippen MR) is 146 cm³/mol. The monoisotopic (exact) mass is 500 g/mol. The molecule has 0 saturated heterocycles. The van der Waals surface area contributed by atoms with Crippen molar-refractivity contribution in [2.45, 2.75) is 57.7 Å². The fourth-order valence-electron chi connectivity index (χ4n) is 5.05. The summed E-state index contributed by atoms with van der Waals surface area (Å²) in [6.07, 6.45) is 6.55. The normalized spacial score (nSPS) is 17.9. The van der Waals surface area contributed by atoms with E-state index < -0.39 is 0 Å². The highest BCUT2D eigenvalue weighted by atomic mass is 16.5. The van der Waals surface area contributed by atoms with Crippen molar-refractivity contribution in [2.75, 3.05) is 20.8 Å². The number of rotatable bonds is 11. The fourth-order valence-corrected chi connectivity index (χ4v) is 5.05. The van der Waals surface area contributed by atoms with Gasteiger partial charge in [0.15, 0.2) is 11.5 Å². The molecule has 0 saturated carbocycles. The third-order valence-corrected chi connectivity index (χ3v) is 7.11. The summed E-state index contributed by atoms with van der Waals surface area (Å²) in [5, 5.41) is 7.16. The number of hydrogen-bond acceptors (Lipinski definition) is 6. The Bertz CT molecular complexity index is 1210. The van der Waals surface area contributed by atoms with Gasteiger partial charge in [0.25, 0.3) is 0 Å². The molecule has 0 amide bonds. The second-order valence-corrected chi connectivity index (χ2v) is 9.56. The van der Waals surface area contributed by atoms with Crippen molar-refractivity contribution in [3.8, 4) is 23.0 Å². The number of unbranched alkanes of at least 4 members (excludes halogenated alkanes) is 4. The van der Waals surface area contributed by atoms with E-state index in [0.29, 0.717) is 0 Å². The smallest absolute Gasteiger partial charge is 0.214 e. The first kappa shape index (κ1) is 25.0. The van der Waals surface area contributed by atoms with Crippen LogP contribution in [0.4, 0.5) is 0 Å². The van der Waals surface area contributed by atoms with Crippen LogP contribution in [0.2, 0.25) is 0 Å². The van der Waals surface area contributed by atoms with Crippen molar-refractivity contribution in [1.82, 2.24) is 5.01 Å². The SMILES string of the molecule is CCCCCCCOc1ccc([C@@H]2Oc3c(OC)cccc3[C@@H]3CC(c4ccc(OC)cc4)=NN32)cc1. The van der Waals surface area contributed by atoms with Gasteiger partial charge in [0, 0.05) is 17.5 Å². The van der Waals surface area contributed by atoms with Crippen molar-refractivity contribution in [3.63, 3.8) is 0 Å². The Morgan fingerprint density at radius 2 is 1.62 bits per heavy atom. The molecule has 6 nitrogen and oxygen atoms in total. The van der Waals surface area contributed by atoms with E-state index in [1.54, 1.807) is 14.2 Å². The van der Waals surface area contributed by atoms with Crippen molar-refractivity contribution < 1.29 is 18.9 Å². The van der Waals surface area contributed by atoms with Crippen LogP contribution < -0.4 is 18.9 Å². The average Bonchev–Trinajstić information content (AvgIpc) is 3.40. The van der Waals surface area contributed by atoms with Crippen LogP contribution in [0, 0.1) is 0 Å². The van der Waals surface area contributed by atoms with E-state index in [2.05, 4.69) is 42.3 Å². The number of nitrogens with zero attached hydrogens (tertiary/aromatic N) is 2. The minimum Gasteiger partial charge on any atom is -0.497 e. The molecule has 2 heterocycles. The third kappa shape index (κ3) is 5.38. The maximum absolute atomic E-state index is 6.58. The highest BCUT2D eigenvalue weighted by molar-refractivity contribution is 6.02. The van der Waals surface area contributed by atoms with Crippen molar-refractivity contribution in [1.29, 1.82) is 0 Å². The number of para-hydroxylation sites is 1. The Hall–Kier alpha value is -3.67. The van der Waals surface area contributed by atoms with Crippen molar-refractivity contribution in [3.05, 3.63) is 83.4 Å². The number of fused-ring (bicyclic) bond motifs is 3. The molecule has 5 rings (SSSR count). The van der Waals surface area contributed by atoms with E-state index in [9.17, 15) is 0 Å². The lowest BCUT2D eigenvalue weighted by atomic mass is 9.95. The zero-order valence-electron chi connectivity index (χ0n) is 22.0. The number of hydrazone groups is 1. The molecular formula is C31H36N2O4. The van der Waals surface area contributed by atoms with Gasteiger partial charge < -0.3 is 18.9 Å². The summed E-state index contributed by atoms with van der Waals surface area (Å²) >= 11 is 0. The molecule has 0 spiro atoms. The molecular weight excluding hydrogens is 464 g/mol. The largest absolute Gasteiger partial charge is 0.497 e. The molecule has 2 aliphatic rings. The first-order valence-corrected chi connectivity index (χ1v) is 13.3. The van der Waals surface area contributed by atoms with Crippen molar-refractivity contribution >= 4 is 5.71 Å². The van der Waals surface area contributed by atoms with Crippen LogP contribution in [-0.4, -0.2) is 31.5 Å². The maximum atomic E-state index is 6.58. The summed E-state index contributed by atoms with van der Waals surface area (Å²) in [5.41, 5.74) is 4.23. The molecule has 0 unspecified atom stereocenters. The molecule has 0 N–H and O–H groups in total. The minimum atomic E-state index is -0.368. The molecule has 0 fully saturated rings. The topological polar surface area (TPSA) is 52.5 Å². The molecule has 3 aromatic carbocycles. The van der Waals surface area contributed by atoms with E-state index in [-0.39, 0.29) is 12.3 Å². The van der Waals surface area contributed by atoms with Crippen LogP contribution in [0.3, 0.4) is 0 Å². The quantitative estimate of drug-likeness (QED) is 0.259. The van der Waals surface area contributed by atoms with E-state index in [4.69, 9.17) is 24.0 Å². The van der Waals surface area contributed by atoms with Gasteiger partial charge in [-0.05, 0) is 66.6 Å². The standard InChI is InChI=1S/C31H36N2O4/c1-4-5-6-7-8-20-36-25-18-14-23(15-19-25)31-33-28(26-10-9-11-29(35-3)30(26)37-31)21-27(32-33)22-12-16-24(34-2)17-13-22/h9-19,28,31H,4-8,20-21H2,1-3H3/t28-,31-/m0/s1. The van der Waals surface area contributed by atoms with E-state index in [1.165, 1.54) is 25.7 Å². The van der Waals surface area contributed by atoms with E-state index in [1.807, 2.05) is 36.4 Å². The van der Waals surface area contributed by atoms with E-state index in [0.717, 1.165) is 64.8 Å². The van der Waals surface area contributed by atoms with Crippen LogP contribution in [0.25, 0.3) is 0 Å². The van der Waals surface area contributed by atoms with Crippen LogP contribution in [0.1, 0.15) is 74.4 Å². The average molecular weight is 501 g/mol. The Labute approximate surface area is 219 Å². The van der Waals surface area contributed by atoms with Gasteiger partial charge in [-0.1, -0.05) is 44.7 Å². The highest BCUT2D eigenvalue weighted by Gasteiger charge is 2.42. The van der Waals surface area contributed by atoms with Crippen LogP contribution in [-0.2, 0) is 0 Å². The van der Waals surface area contributed by atoms with Gasteiger partial charge >= 0.3 is 0 Å². The van der Waals surface area contributed by atoms with Gasteiger partial charge in [-0.3, -0.25) is 0 Å². The number of ether oxygens (including phenoxy) is 4. The van der Waals surface area contributed by atoms with Gasteiger partial charge in [0.2, 0.25) is 6.23 Å². The molecule has 37 heavy (non-hydrogen) atoms. The molecule has 0 aliphatic carbocycles. The third-order valence-electron chi connectivity index (χ3n) is 7.11. The van der Waals surface area contributed by atoms with Gasteiger partial charge in [-0.25, -0.2) is 5.01 Å². The summed E-state index contributed by atoms with van der Waals surface area (Å²) < 4.78 is 23.6. The number of benzene rings is 3. The molecule has 0 aromatic heterocycles. The predicted octanol–water partition coefficient (Wildman–Crippen LogP) is 7.30.